The SMILES string of the molecule is NC(=NO)c1cc(F)ccc1CNc1ccc(Cl)c(Cl)c1. The minimum atomic E-state index is -0.463. The summed E-state index contributed by atoms with van der Waals surface area (Å²) in [6, 6.07) is 9.19. The van der Waals surface area contributed by atoms with Crippen LogP contribution in [0.5, 0.6) is 0 Å². The molecule has 0 aliphatic heterocycles. The molecule has 7 heteroatoms. The second-order valence-electron chi connectivity index (χ2n) is 4.27. The van der Waals surface area contributed by atoms with Crippen LogP contribution < -0.4 is 11.1 Å². The minimum absolute atomic E-state index is 0.152. The minimum Gasteiger partial charge on any atom is -0.409 e. The van der Waals surface area contributed by atoms with Crippen molar-refractivity contribution in [2.24, 2.45) is 10.9 Å². The molecule has 0 saturated heterocycles. The highest BCUT2D eigenvalue weighted by Gasteiger charge is 2.09. The van der Waals surface area contributed by atoms with Crippen LogP contribution in [0.1, 0.15) is 11.1 Å². The third-order valence-electron chi connectivity index (χ3n) is 2.86. The Kier molecular flexibility index (Phi) is 4.88. The Morgan fingerprint density at radius 3 is 2.62 bits per heavy atom. The van der Waals surface area contributed by atoms with Crippen LogP contribution in [0.3, 0.4) is 0 Å². The van der Waals surface area contributed by atoms with E-state index in [9.17, 15) is 4.39 Å². The standard InChI is InChI=1S/C14H12Cl2FN3O/c15-12-4-3-10(6-13(12)16)19-7-8-1-2-9(17)5-11(8)14(18)20-21/h1-6,19,21H,7H2,(H2,18,20). The Hall–Kier alpha value is -1.98. The Morgan fingerprint density at radius 1 is 1.19 bits per heavy atom. The van der Waals surface area contributed by atoms with Gasteiger partial charge in [0.05, 0.1) is 10.0 Å². The molecule has 0 amide bonds. The fraction of sp³-hybridized carbons (Fsp3) is 0.0714. The number of halogens is 3. The van der Waals surface area contributed by atoms with Crippen molar-refractivity contribution in [2.45, 2.75) is 6.54 Å². The molecule has 2 rings (SSSR count). The number of nitrogens with one attached hydrogen (secondary N) is 1. The lowest BCUT2D eigenvalue weighted by Gasteiger charge is -2.11. The number of nitrogens with zero attached hydrogens (tertiary/aromatic N) is 1. The molecule has 4 N–H and O–H groups in total. The third-order valence-corrected chi connectivity index (χ3v) is 3.60. The second-order valence-corrected chi connectivity index (χ2v) is 5.08. The normalized spacial score (nSPS) is 11.5. The molecule has 0 heterocycles. The molecule has 0 spiro atoms. The first-order valence-corrected chi connectivity index (χ1v) is 6.72. The first kappa shape index (κ1) is 15.4. The number of anilines is 1. The van der Waals surface area contributed by atoms with E-state index in [1.807, 2.05) is 0 Å². The molecule has 0 bridgehead atoms. The lowest BCUT2D eigenvalue weighted by atomic mass is 10.1. The molecular weight excluding hydrogens is 316 g/mol. The number of hydrogen-bond donors (Lipinski definition) is 3. The van der Waals surface area contributed by atoms with E-state index in [-0.39, 0.29) is 5.84 Å². The van der Waals surface area contributed by atoms with Gasteiger partial charge in [-0.2, -0.15) is 0 Å². The smallest absolute Gasteiger partial charge is 0.170 e. The maximum absolute atomic E-state index is 13.3. The number of nitrogens with two attached hydrogens (primary N) is 1. The van der Waals surface area contributed by atoms with Crippen molar-refractivity contribution in [3.05, 3.63) is 63.4 Å². The molecule has 110 valence electrons. The van der Waals surface area contributed by atoms with Crippen LogP contribution in [-0.4, -0.2) is 11.0 Å². The number of benzene rings is 2. The Labute approximate surface area is 131 Å². The summed E-state index contributed by atoms with van der Waals surface area (Å²) >= 11 is 11.8. The monoisotopic (exact) mass is 327 g/mol. The van der Waals surface area contributed by atoms with Crippen molar-refractivity contribution in [3.63, 3.8) is 0 Å². The summed E-state index contributed by atoms with van der Waals surface area (Å²) in [5, 5.41) is 15.6. The summed E-state index contributed by atoms with van der Waals surface area (Å²) in [7, 11) is 0. The van der Waals surface area contributed by atoms with Gasteiger partial charge in [0.15, 0.2) is 5.84 Å². The van der Waals surface area contributed by atoms with E-state index in [4.69, 9.17) is 34.1 Å². The van der Waals surface area contributed by atoms with Gasteiger partial charge in [0.25, 0.3) is 0 Å². The largest absolute Gasteiger partial charge is 0.409 e. The summed E-state index contributed by atoms with van der Waals surface area (Å²) in [6.45, 7) is 0.351. The number of amidine groups is 1. The third kappa shape index (κ3) is 3.77. The fourth-order valence-electron chi connectivity index (χ4n) is 1.80. The molecule has 0 radical (unpaired) electrons. The van der Waals surface area contributed by atoms with Crippen LogP contribution in [0.2, 0.25) is 10.0 Å². The Balaban J connectivity index is 2.21. The fourth-order valence-corrected chi connectivity index (χ4v) is 2.10. The number of oxime groups is 1. The first-order valence-electron chi connectivity index (χ1n) is 5.96. The second kappa shape index (κ2) is 6.65. The Bertz CT molecular complexity index is 692. The van der Waals surface area contributed by atoms with Crippen molar-refractivity contribution in [3.8, 4) is 0 Å². The van der Waals surface area contributed by atoms with Gasteiger partial charge in [-0.15, -0.1) is 0 Å². The van der Waals surface area contributed by atoms with Crippen LogP contribution in [0.15, 0.2) is 41.6 Å². The highest BCUT2D eigenvalue weighted by atomic mass is 35.5. The van der Waals surface area contributed by atoms with Gasteiger partial charge in [-0.25, -0.2) is 4.39 Å². The van der Waals surface area contributed by atoms with Crippen LogP contribution in [0.25, 0.3) is 0 Å². The Morgan fingerprint density at radius 2 is 1.95 bits per heavy atom. The number of rotatable bonds is 4. The zero-order chi connectivity index (χ0) is 15.4. The molecule has 0 aliphatic carbocycles. The lowest BCUT2D eigenvalue weighted by molar-refractivity contribution is 0.318. The van der Waals surface area contributed by atoms with Gasteiger partial charge in [0, 0.05) is 17.8 Å². The van der Waals surface area contributed by atoms with Crippen LogP contribution in [-0.2, 0) is 6.54 Å². The lowest BCUT2D eigenvalue weighted by Crippen LogP contribution is -2.17. The molecule has 21 heavy (non-hydrogen) atoms. The van der Waals surface area contributed by atoms with E-state index < -0.39 is 5.82 Å². The number of hydrogen-bond acceptors (Lipinski definition) is 3. The predicted molar refractivity (Wildman–Crippen MR) is 82.7 cm³/mol. The van der Waals surface area contributed by atoms with Crippen LogP contribution >= 0.6 is 23.2 Å². The summed E-state index contributed by atoms with van der Waals surface area (Å²) in [6.07, 6.45) is 0. The molecule has 0 atom stereocenters. The van der Waals surface area contributed by atoms with E-state index in [0.29, 0.717) is 27.7 Å². The van der Waals surface area contributed by atoms with E-state index in [1.165, 1.54) is 12.1 Å². The molecule has 0 saturated carbocycles. The summed E-state index contributed by atoms with van der Waals surface area (Å²) < 4.78 is 13.3. The van der Waals surface area contributed by atoms with Gasteiger partial charge in [-0.3, -0.25) is 0 Å². The van der Waals surface area contributed by atoms with Gasteiger partial charge < -0.3 is 16.3 Å². The molecule has 2 aromatic carbocycles. The van der Waals surface area contributed by atoms with E-state index in [0.717, 1.165) is 5.69 Å². The molecule has 0 fully saturated rings. The zero-order valence-corrected chi connectivity index (χ0v) is 12.3. The van der Waals surface area contributed by atoms with Crippen molar-refractivity contribution in [1.82, 2.24) is 0 Å². The first-order chi connectivity index (χ1) is 10.0. The molecule has 4 nitrogen and oxygen atoms in total. The molecule has 2 aromatic rings. The molecule has 0 unspecified atom stereocenters. The van der Waals surface area contributed by atoms with Gasteiger partial charge in [-0.05, 0) is 35.9 Å². The molecule has 0 aromatic heterocycles. The van der Waals surface area contributed by atoms with Crippen molar-refractivity contribution >= 4 is 34.7 Å². The maximum Gasteiger partial charge on any atom is 0.170 e. The summed E-state index contributed by atoms with van der Waals surface area (Å²) in [4.78, 5) is 0. The highest BCUT2D eigenvalue weighted by molar-refractivity contribution is 6.42. The topological polar surface area (TPSA) is 70.6 Å². The van der Waals surface area contributed by atoms with Gasteiger partial charge >= 0.3 is 0 Å². The average Bonchev–Trinajstić information content (AvgIpc) is 2.48. The maximum atomic E-state index is 13.3. The summed E-state index contributed by atoms with van der Waals surface area (Å²) in [5.74, 6) is -0.615. The van der Waals surface area contributed by atoms with Gasteiger partial charge in [-0.1, -0.05) is 34.4 Å². The van der Waals surface area contributed by atoms with E-state index >= 15 is 0 Å². The van der Waals surface area contributed by atoms with Crippen molar-refractivity contribution in [1.29, 1.82) is 0 Å². The quantitative estimate of drug-likeness (QED) is 0.346. The zero-order valence-electron chi connectivity index (χ0n) is 10.8. The van der Waals surface area contributed by atoms with Gasteiger partial charge in [0.2, 0.25) is 0 Å². The van der Waals surface area contributed by atoms with E-state index in [1.54, 1.807) is 24.3 Å². The van der Waals surface area contributed by atoms with Gasteiger partial charge in [0.1, 0.15) is 5.82 Å². The van der Waals surface area contributed by atoms with Crippen LogP contribution in [0.4, 0.5) is 10.1 Å². The van der Waals surface area contributed by atoms with E-state index in [2.05, 4.69) is 10.5 Å². The average molecular weight is 328 g/mol. The summed E-state index contributed by atoms with van der Waals surface area (Å²) in [5.41, 5.74) is 7.30. The molecular formula is C14H12Cl2FN3O. The van der Waals surface area contributed by atoms with Crippen molar-refractivity contribution < 1.29 is 9.60 Å². The highest BCUT2D eigenvalue weighted by Crippen LogP contribution is 2.25. The predicted octanol–water partition coefficient (Wildman–Crippen LogP) is 3.84. The van der Waals surface area contributed by atoms with Crippen molar-refractivity contribution in [2.75, 3.05) is 5.32 Å². The van der Waals surface area contributed by atoms with Crippen LogP contribution in [0, 0.1) is 5.82 Å². The molecule has 0 aliphatic rings.